The molecule has 2 rings (SSSR count). The van der Waals surface area contributed by atoms with Gasteiger partial charge in [0.2, 0.25) is 5.78 Å². The van der Waals surface area contributed by atoms with Crippen molar-refractivity contribution in [1.82, 2.24) is 4.90 Å². The average molecular weight is 412 g/mol. The first-order valence-electron chi connectivity index (χ1n) is 7.35. The molecule has 0 saturated heterocycles. The first kappa shape index (κ1) is 18.9. The van der Waals surface area contributed by atoms with Gasteiger partial charge in [-0.2, -0.15) is 5.26 Å². The van der Waals surface area contributed by atoms with Crippen LogP contribution >= 0.6 is 15.9 Å². The third-order valence-electron chi connectivity index (χ3n) is 3.31. The number of hydrogen-bond donors (Lipinski definition) is 1. The maximum absolute atomic E-state index is 12.4. The fraction of sp³-hybridized carbons (Fsp3) is 0.294. The molecule has 0 amide bonds. The smallest absolute Gasteiger partial charge is 0.272 e. The lowest BCUT2D eigenvalue weighted by atomic mass is 10.0. The van der Waals surface area contributed by atoms with Crippen LogP contribution in [-0.4, -0.2) is 37.8 Å². The second-order valence-corrected chi connectivity index (χ2v) is 6.39. The summed E-state index contributed by atoms with van der Waals surface area (Å²) in [5, 5.41) is 12.1. The quantitative estimate of drug-likeness (QED) is 0.573. The lowest BCUT2D eigenvalue weighted by Crippen LogP contribution is -2.19. The molecule has 1 aromatic rings. The molecule has 0 bridgehead atoms. The molecule has 0 atom stereocenters. The summed E-state index contributed by atoms with van der Waals surface area (Å²) in [5.74, 6) is -0.0924. The van der Waals surface area contributed by atoms with Gasteiger partial charge in [0, 0.05) is 26.0 Å². The summed E-state index contributed by atoms with van der Waals surface area (Å²) < 4.78 is 30.2. The first-order chi connectivity index (χ1) is 11.8. The van der Waals surface area contributed by atoms with Gasteiger partial charge < -0.3 is 15.0 Å². The highest BCUT2D eigenvalue weighted by Crippen LogP contribution is 2.35. The number of nitrogens with one attached hydrogen (secondary N) is 1. The highest BCUT2D eigenvalue weighted by atomic mass is 79.9. The molecule has 1 aromatic carbocycles. The lowest BCUT2D eigenvalue weighted by Gasteiger charge is -2.20. The van der Waals surface area contributed by atoms with Gasteiger partial charge in [0.05, 0.1) is 10.2 Å². The second-order valence-electron chi connectivity index (χ2n) is 5.54. The molecule has 0 radical (unpaired) electrons. The number of anilines is 1. The van der Waals surface area contributed by atoms with E-state index in [0.29, 0.717) is 28.0 Å². The summed E-state index contributed by atoms with van der Waals surface area (Å²) in [7, 11) is 3.45. The third kappa shape index (κ3) is 4.79. The van der Waals surface area contributed by atoms with E-state index in [2.05, 4.69) is 21.2 Å². The van der Waals surface area contributed by atoms with E-state index in [1.165, 1.54) is 6.20 Å². The van der Waals surface area contributed by atoms with Crippen molar-refractivity contribution >= 4 is 27.4 Å². The number of fused-ring (bicyclic) bond motifs is 1. The molecular weight excluding hydrogens is 396 g/mol. The predicted octanol–water partition coefficient (Wildman–Crippen LogP) is 3.48. The normalized spacial score (nSPS) is 13.5. The van der Waals surface area contributed by atoms with Crippen LogP contribution in [0.25, 0.3) is 0 Å². The van der Waals surface area contributed by atoms with Gasteiger partial charge in [-0.05, 0) is 40.0 Å². The zero-order valence-electron chi connectivity index (χ0n) is 13.6. The monoisotopic (exact) mass is 411 g/mol. The van der Waals surface area contributed by atoms with Gasteiger partial charge in [0.1, 0.15) is 24.0 Å². The third-order valence-corrected chi connectivity index (χ3v) is 3.93. The zero-order valence-corrected chi connectivity index (χ0v) is 15.2. The highest BCUT2D eigenvalue weighted by molar-refractivity contribution is 9.10. The Balaban J connectivity index is 2.22. The van der Waals surface area contributed by atoms with Gasteiger partial charge in [-0.15, -0.1) is 0 Å². The van der Waals surface area contributed by atoms with E-state index in [4.69, 9.17) is 10.00 Å². The van der Waals surface area contributed by atoms with Crippen molar-refractivity contribution in [3.8, 4) is 11.8 Å². The predicted molar refractivity (Wildman–Crippen MR) is 93.4 cm³/mol. The number of carbonyl (C=O) groups excluding carboxylic acids is 1. The van der Waals surface area contributed by atoms with Crippen molar-refractivity contribution in [3.63, 3.8) is 0 Å². The van der Waals surface area contributed by atoms with E-state index in [1.54, 1.807) is 37.2 Å². The summed E-state index contributed by atoms with van der Waals surface area (Å²) >= 11 is 3.27. The van der Waals surface area contributed by atoms with E-state index in [-0.39, 0.29) is 5.57 Å². The van der Waals surface area contributed by atoms with Crippen LogP contribution in [0.3, 0.4) is 0 Å². The minimum Gasteiger partial charge on any atom is -0.486 e. The van der Waals surface area contributed by atoms with Gasteiger partial charge in [0.25, 0.3) is 6.43 Å². The van der Waals surface area contributed by atoms with Gasteiger partial charge in [-0.3, -0.25) is 4.79 Å². The Kier molecular flexibility index (Phi) is 6.15. The maximum atomic E-state index is 12.4. The van der Waals surface area contributed by atoms with Crippen LogP contribution in [0.1, 0.15) is 5.56 Å². The summed E-state index contributed by atoms with van der Waals surface area (Å²) in [4.78, 5) is 14.1. The molecule has 0 unspecified atom stereocenters. The maximum Gasteiger partial charge on any atom is 0.272 e. The van der Waals surface area contributed by atoms with Crippen LogP contribution in [0.15, 0.2) is 40.2 Å². The SMILES string of the molecule is CN(C)/C=C(\C#N)C(=O)C1=CCc2cc(OCC(F)F)c(Br)cc2N1. The molecular formula is C17H16BrF2N3O2. The molecule has 1 aliphatic heterocycles. The molecule has 8 heteroatoms. The largest absolute Gasteiger partial charge is 0.486 e. The number of benzene rings is 1. The van der Waals surface area contributed by atoms with Gasteiger partial charge in [-0.25, -0.2) is 8.78 Å². The van der Waals surface area contributed by atoms with Crippen molar-refractivity contribution < 1.29 is 18.3 Å². The number of halogens is 3. The fourth-order valence-corrected chi connectivity index (χ4v) is 2.70. The summed E-state index contributed by atoms with van der Waals surface area (Å²) in [5.41, 5.74) is 1.78. The van der Waals surface area contributed by atoms with Gasteiger partial charge >= 0.3 is 0 Å². The Labute approximate surface area is 152 Å². The number of nitriles is 1. The molecule has 132 valence electrons. The molecule has 1 N–H and O–H groups in total. The number of ether oxygens (including phenoxy) is 1. The molecule has 1 heterocycles. The van der Waals surface area contributed by atoms with Crippen molar-refractivity contribution in [2.24, 2.45) is 0 Å². The van der Waals surface area contributed by atoms with Gasteiger partial charge in [0.15, 0.2) is 0 Å². The average Bonchev–Trinajstić information content (AvgIpc) is 2.56. The molecule has 5 nitrogen and oxygen atoms in total. The fourth-order valence-electron chi connectivity index (χ4n) is 2.24. The van der Waals surface area contributed by atoms with Crippen molar-refractivity contribution in [2.45, 2.75) is 12.8 Å². The summed E-state index contributed by atoms with van der Waals surface area (Å²) in [6, 6.07) is 5.20. The van der Waals surface area contributed by atoms with Gasteiger partial charge in [-0.1, -0.05) is 6.08 Å². The summed E-state index contributed by atoms with van der Waals surface area (Å²) in [6.07, 6.45) is 0.981. The topological polar surface area (TPSA) is 65.4 Å². The lowest BCUT2D eigenvalue weighted by molar-refractivity contribution is -0.111. The Morgan fingerprint density at radius 1 is 1.52 bits per heavy atom. The van der Waals surface area contributed by atoms with Crippen LogP contribution in [0.4, 0.5) is 14.5 Å². The van der Waals surface area contributed by atoms with Crippen molar-refractivity contribution in [3.05, 3.63) is 45.7 Å². The van der Waals surface area contributed by atoms with E-state index >= 15 is 0 Å². The summed E-state index contributed by atoms with van der Waals surface area (Å²) in [6.45, 7) is -0.689. The van der Waals surface area contributed by atoms with E-state index in [0.717, 1.165) is 5.56 Å². The number of allylic oxidation sites excluding steroid dienone is 2. The molecule has 0 aliphatic carbocycles. The van der Waals surface area contributed by atoms with E-state index in [9.17, 15) is 13.6 Å². The highest BCUT2D eigenvalue weighted by Gasteiger charge is 2.21. The Morgan fingerprint density at radius 3 is 2.84 bits per heavy atom. The standard InChI is InChI=1S/C17H16BrF2N3O2/c1-23(2)8-11(7-21)17(24)13-4-3-10-5-15(25-9-16(19)20)12(18)6-14(10)22-13/h4-6,8,16,22H,3,9H2,1-2H3/b11-8+. The molecule has 25 heavy (non-hydrogen) atoms. The van der Waals surface area contributed by atoms with E-state index in [1.807, 2.05) is 6.07 Å². The zero-order chi connectivity index (χ0) is 18.6. The number of Topliss-reactive ketones (excluding diaryl/α,β-unsaturated/α-hetero) is 1. The number of alkyl halides is 2. The molecule has 1 aliphatic rings. The number of nitrogens with zero attached hydrogens (tertiary/aromatic N) is 2. The Hall–Kier alpha value is -2.40. The minimum atomic E-state index is -2.56. The molecule has 0 aromatic heterocycles. The number of ketones is 1. The van der Waals surface area contributed by atoms with Crippen molar-refractivity contribution in [2.75, 3.05) is 26.0 Å². The first-order valence-corrected chi connectivity index (χ1v) is 8.14. The Bertz CT molecular complexity index is 783. The van der Waals surface area contributed by atoms with Crippen molar-refractivity contribution in [1.29, 1.82) is 5.26 Å². The van der Waals surface area contributed by atoms with E-state index < -0.39 is 18.8 Å². The van der Waals surface area contributed by atoms with Crippen LogP contribution in [0, 0.1) is 11.3 Å². The molecule has 0 saturated carbocycles. The van der Waals surface area contributed by atoms with Crippen LogP contribution in [0.5, 0.6) is 5.75 Å². The van der Waals surface area contributed by atoms with Crippen LogP contribution in [0.2, 0.25) is 0 Å². The van der Waals surface area contributed by atoms with Crippen LogP contribution < -0.4 is 10.1 Å². The minimum absolute atomic E-state index is 0.0168. The molecule has 0 spiro atoms. The number of rotatable bonds is 6. The Morgan fingerprint density at radius 2 is 2.24 bits per heavy atom. The molecule has 0 fully saturated rings. The van der Waals surface area contributed by atoms with Crippen LogP contribution in [-0.2, 0) is 11.2 Å². The second kappa shape index (κ2) is 8.12. The number of hydrogen-bond acceptors (Lipinski definition) is 5. The number of carbonyl (C=O) groups is 1.